The lowest BCUT2D eigenvalue weighted by Gasteiger charge is -2.17. The van der Waals surface area contributed by atoms with Crippen LogP contribution in [0.4, 0.5) is 11.6 Å². The van der Waals surface area contributed by atoms with Gasteiger partial charge in [0.25, 0.3) is 0 Å². The zero-order valence-electron chi connectivity index (χ0n) is 13.1. The number of H-pyrrole nitrogens is 1. The topological polar surface area (TPSA) is 125 Å². The number of carbonyl (C=O) groups excluding carboxylic acids is 1. The fourth-order valence-electron chi connectivity index (χ4n) is 2.17. The maximum absolute atomic E-state index is 12.0. The Kier molecular flexibility index (Phi) is 4.75. The number of amides is 1. The number of imidazole rings is 1. The molecule has 3 aromatic heterocycles. The smallest absolute Gasteiger partial charge is 0.239 e. The number of hydrogen-bond acceptors (Lipinski definition) is 8. The third kappa shape index (κ3) is 3.72. The van der Waals surface area contributed by atoms with Crippen LogP contribution in [0, 0.1) is 0 Å². The SMILES string of the molecule is CN(CC(=O)NCCNc1cnccn1)c1ncnc2nc[nH]c12. The number of nitrogens with zero attached hydrogens (tertiary/aromatic N) is 6. The summed E-state index contributed by atoms with van der Waals surface area (Å²) >= 11 is 0. The van der Waals surface area contributed by atoms with Gasteiger partial charge in [0.1, 0.15) is 17.7 Å². The predicted molar refractivity (Wildman–Crippen MR) is 88.5 cm³/mol. The lowest BCUT2D eigenvalue weighted by molar-refractivity contribution is -0.119. The van der Waals surface area contributed by atoms with Gasteiger partial charge in [0.2, 0.25) is 5.91 Å². The molecular formula is C14H17N9O. The van der Waals surface area contributed by atoms with Crippen molar-refractivity contribution < 1.29 is 4.79 Å². The van der Waals surface area contributed by atoms with Crippen molar-refractivity contribution in [2.24, 2.45) is 0 Å². The van der Waals surface area contributed by atoms with Crippen molar-refractivity contribution >= 4 is 28.7 Å². The number of carbonyl (C=O) groups is 1. The third-order valence-corrected chi connectivity index (χ3v) is 3.26. The fraction of sp³-hybridized carbons (Fsp3) is 0.286. The molecule has 0 saturated carbocycles. The van der Waals surface area contributed by atoms with Crippen LogP contribution in [-0.2, 0) is 4.79 Å². The molecule has 0 spiro atoms. The van der Waals surface area contributed by atoms with Crippen LogP contribution in [0.15, 0.2) is 31.2 Å². The maximum Gasteiger partial charge on any atom is 0.239 e. The highest BCUT2D eigenvalue weighted by Gasteiger charge is 2.13. The summed E-state index contributed by atoms with van der Waals surface area (Å²) in [6.07, 6.45) is 7.81. The molecular weight excluding hydrogens is 310 g/mol. The number of rotatable bonds is 7. The summed E-state index contributed by atoms with van der Waals surface area (Å²) in [5, 5.41) is 5.90. The Bertz CT molecular complexity index is 804. The van der Waals surface area contributed by atoms with Gasteiger partial charge < -0.3 is 20.5 Å². The number of aromatic nitrogens is 6. The molecule has 10 heteroatoms. The van der Waals surface area contributed by atoms with Crippen molar-refractivity contribution in [3.63, 3.8) is 0 Å². The molecule has 10 nitrogen and oxygen atoms in total. The minimum atomic E-state index is -0.107. The molecule has 0 aliphatic heterocycles. The van der Waals surface area contributed by atoms with E-state index in [1.165, 1.54) is 6.33 Å². The molecule has 124 valence electrons. The predicted octanol–water partition coefficient (Wildman–Crippen LogP) is -0.193. The van der Waals surface area contributed by atoms with Gasteiger partial charge >= 0.3 is 0 Å². The molecule has 0 atom stereocenters. The summed E-state index contributed by atoms with van der Waals surface area (Å²) < 4.78 is 0. The van der Waals surface area contributed by atoms with Crippen molar-refractivity contribution in [1.82, 2.24) is 35.2 Å². The van der Waals surface area contributed by atoms with Crippen LogP contribution in [-0.4, -0.2) is 62.5 Å². The summed E-state index contributed by atoms with van der Waals surface area (Å²) in [7, 11) is 1.79. The summed E-state index contributed by atoms with van der Waals surface area (Å²) in [4.78, 5) is 37.1. The minimum absolute atomic E-state index is 0.107. The van der Waals surface area contributed by atoms with Gasteiger partial charge in [0.05, 0.1) is 19.1 Å². The van der Waals surface area contributed by atoms with Crippen molar-refractivity contribution in [1.29, 1.82) is 0 Å². The average Bonchev–Trinajstić information content (AvgIpc) is 3.08. The minimum Gasteiger partial charge on any atom is -0.367 e. The molecule has 3 heterocycles. The van der Waals surface area contributed by atoms with Gasteiger partial charge in [0.15, 0.2) is 11.5 Å². The highest BCUT2D eigenvalue weighted by Crippen LogP contribution is 2.17. The second-order valence-corrected chi connectivity index (χ2v) is 5.02. The van der Waals surface area contributed by atoms with Gasteiger partial charge in [-0.1, -0.05) is 0 Å². The fourth-order valence-corrected chi connectivity index (χ4v) is 2.17. The Hall–Kier alpha value is -3.30. The Morgan fingerprint density at radius 2 is 2.12 bits per heavy atom. The number of nitrogens with one attached hydrogen (secondary N) is 3. The van der Waals surface area contributed by atoms with E-state index >= 15 is 0 Å². The average molecular weight is 327 g/mol. The molecule has 3 N–H and O–H groups in total. The second-order valence-electron chi connectivity index (χ2n) is 5.02. The van der Waals surface area contributed by atoms with Crippen LogP contribution in [0.3, 0.4) is 0 Å². The van der Waals surface area contributed by atoms with Gasteiger partial charge in [0, 0.05) is 32.5 Å². The third-order valence-electron chi connectivity index (χ3n) is 3.26. The summed E-state index contributed by atoms with van der Waals surface area (Å²) in [5.74, 6) is 1.20. The zero-order chi connectivity index (χ0) is 16.8. The van der Waals surface area contributed by atoms with Crippen LogP contribution in [0.2, 0.25) is 0 Å². The molecule has 3 aromatic rings. The first-order valence-corrected chi connectivity index (χ1v) is 7.36. The van der Waals surface area contributed by atoms with E-state index in [1.54, 1.807) is 36.9 Å². The first-order valence-electron chi connectivity index (χ1n) is 7.36. The first-order chi connectivity index (χ1) is 11.7. The summed E-state index contributed by atoms with van der Waals surface area (Å²) in [5.41, 5.74) is 1.28. The van der Waals surface area contributed by atoms with Crippen molar-refractivity contribution in [3.05, 3.63) is 31.2 Å². The lowest BCUT2D eigenvalue weighted by Crippen LogP contribution is -2.37. The number of fused-ring (bicyclic) bond motifs is 1. The molecule has 0 fully saturated rings. The van der Waals surface area contributed by atoms with Crippen LogP contribution in [0.1, 0.15) is 0 Å². The van der Waals surface area contributed by atoms with Gasteiger partial charge in [-0.2, -0.15) is 0 Å². The molecule has 0 aromatic carbocycles. The van der Waals surface area contributed by atoms with E-state index in [9.17, 15) is 4.79 Å². The van der Waals surface area contributed by atoms with E-state index in [1.807, 2.05) is 0 Å². The van der Waals surface area contributed by atoms with E-state index in [0.717, 1.165) is 0 Å². The van der Waals surface area contributed by atoms with Crippen molar-refractivity contribution in [2.45, 2.75) is 0 Å². The van der Waals surface area contributed by atoms with Crippen molar-refractivity contribution in [2.75, 3.05) is 36.9 Å². The lowest BCUT2D eigenvalue weighted by atomic mass is 10.4. The Balaban J connectivity index is 1.47. The quantitative estimate of drug-likeness (QED) is 0.510. The molecule has 1 amide bonds. The van der Waals surface area contributed by atoms with Gasteiger partial charge in [-0.05, 0) is 0 Å². The van der Waals surface area contributed by atoms with Crippen LogP contribution in [0.5, 0.6) is 0 Å². The molecule has 0 radical (unpaired) electrons. The molecule has 3 rings (SSSR count). The Labute approximate surface area is 137 Å². The standard InChI is InChI=1S/C14H17N9O/c1-23(14-12-13(20-8-19-12)21-9-22-14)7-11(24)18-5-4-17-10-6-15-2-3-16-10/h2-3,6,8-9H,4-5,7H2,1H3,(H,16,17)(H,18,24)(H,19,20,21,22). The molecule has 0 aliphatic rings. The van der Waals surface area contributed by atoms with E-state index in [0.29, 0.717) is 35.9 Å². The molecule has 0 aliphatic carbocycles. The summed E-state index contributed by atoms with van der Waals surface area (Å²) in [6, 6.07) is 0. The number of likely N-dealkylation sites (N-methyl/N-ethyl adjacent to an activating group) is 1. The van der Waals surface area contributed by atoms with Crippen LogP contribution in [0.25, 0.3) is 11.2 Å². The monoisotopic (exact) mass is 327 g/mol. The Morgan fingerprint density at radius 1 is 1.21 bits per heavy atom. The second kappa shape index (κ2) is 7.31. The highest BCUT2D eigenvalue weighted by molar-refractivity contribution is 5.86. The van der Waals surface area contributed by atoms with E-state index < -0.39 is 0 Å². The number of hydrogen-bond donors (Lipinski definition) is 3. The highest BCUT2D eigenvalue weighted by atomic mass is 16.2. The van der Waals surface area contributed by atoms with Gasteiger partial charge in [-0.15, -0.1) is 0 Å². The molecule has 24 heavy (non-hydrogen) atoms. The Morgan fingerprint density at radius 3 is 2.96 bits per heavy atom. The van der Waals surface area contributed by atoms with E-state index in [4.69, 9.17) is 0 Å². The summed E-state index contributed by atoms with van der Waals surface area (Å²) in [6.45, 7) is 1.22. The largest absolute Gasteiger partial charge is 0.367 e. The molecule has 0 saturated heterocycles. The van der Waals surface area contributed by atoms with Crippen molar-refractivity contribution in [3.8, 4) is 0 Å². The number of aromatic amines is 1. The maximum atomic E-state index is 12.0. The van der Waals surface area contributed by atoms with Gasteiger partial charge in [-0.3, -0.25) is 9.78 Å². The normalized spacial score (nSPS) is 10.5. The van der Waals surface area contributed by atoms with E-state index in [2.05, 4.69) is 40.5 Å². The van der Waals surface area contributed by atoms with Crippen LogP contribution < -0.4 is 15.5 Å². The van der Waals surface area contributed by atoms with Gasteiger partial charge in [-0.25, -0.2) is 19.9 Å². The number of anilines is 2. The first kappa shape index (κ1) is 15.6. The van der Waals surface area contributed by atoms with Crippen LogP contribution >= 0.6 is 0 Å². The molecule has 0 unspecified atom stereocenters. The molecule has 0 bridgehead atoms. The zero-order valence-corrected chi connectivity index (χ0v) is 13.1. The van der Waals surface area contributed by atoms with E-state index in [-0.39, 0.29) is 12.5 Å².